The monoisotopic (exact) mass is 331 g/mol. The first-order valence-electron chi connectivity index (χ1n) is 7.36. The van der Waals surface area contributed by atoms with E-state index in [2.05, 4.69) is 4.74 Å². The number of alkyl halides is 2. The van der Waals surface area contributed by atoms with E-state index in [1.54, 1.807) is 0 Å². The zero-order chi connectivity index (χ0) is 16.6. The van der Waals surface area contributed by atoms with Crippen molar-refractivity contribution in [3.63, 3.8) is 0 Å². The van der Waals surface area contributed by atoms with Crippen molar-refractivity contribution in [2.75, 3.05) is 0 Å². The van der Waals surface area contributed by atoms with Crippen LogP contribution in [0.4, 0.5) is 18.0 Å². The maximum atomic E-state index is 13.4. The van der Waals surface area contributed by atoms with Crippen LogP contribution < -0.4 is 9.47 Å². The topological polar surface area (TPSA) is 59.0 Å². The number of carboxylic acid groups (broad SMARTS) is 1. The van der Waals surface area contributed by atoms with Crippen LogP contribution in [0.25, 0.3) is 0 Å². The third-order valence-corrected chi connectivity index (χ3v) is 4.33. The summed E-state index contributed by atoms with van der Waals surface area (Å²) in [6, 6.07) is 3.27. The smallest absolute Gasteiger partial charge is 0.407 e. The molecular weight excluding hydrogens is 315 g/mol. The van der Waals surface area contributed by atoms with Crippen LogP contribution >= 0.6 is 0 Å². The third-order valence-electron chi connectivity index (χ3n) is 4.33. The van der Waals surface area contributed by atoms with Gasteiger partial charge in [-0.3, -0.25) is 0 Å². The van der Waals surface area contributed by atoms with Gasteiger partial charge in [-0.15, -0.1) is 0 Å². The Bertz CT molecular complexity index is 584. The van der Waals surface area contributed by atoms with E-state index in [0.717, 1.165) is 25.0 Å². The number of halogens is 3. The number of piperidine rings is 1. The molecular formula is C15H16F3NO4. The molecule has 2 aliphatic heterocycles. The molecule has 0 radical (unpaired) electrons. The molecule has 2 bridgehead atoms. The van der Waals surface area contributed by atoms with Gasteiger partial charge in [0.1, 0.15) is 11.9 Å². The number of benzene rings is 1. The zero-order valence-electron chi connectivity index (χ0n) is 12.1. The minimum absolute atomic E-state index is 0.0894. The van der Waals surface area contributed by atoms with Gasteiger partial charge in [0, 0.05) is 31.0 Å². The first kappa shape index (κ1) is 15.8. The van der Waals surface area contributed by atoms with Gasteiger partial charge in [-0.1, -0.05) is 0 Å². The third kappa shape index (κ3) is 3.30. The van der Waals surface area contributed by atoms with E-state index >= 15 is 0 Å². The molecule has 1 aromatic carbocycles. The van der Waals surface area contributed by atoms with Gasteiger partial charge >= 0.3 is 12.7 Å². The van der Waals surface area contributed by atoms with Crippen molar-refractivity contribution in [2.45, 2.75) is 50.5 Å². The molecule has 0 saturated carbocycles. The number of amides is 1. The minimum atomic E-state index is -3.12. The lowest BCUT2D eigenvalue weighted by Crippen LogP contribution is -2.48. The summed E-state index contributed by atoms with van der Waals surface area (Å²) in [4.78, 5) is 12.7. The molecule has 23 heavy (non-hydrogen) atoms. The second-order valence-electron chi connectivity index (χ2n) is 5.76. The molecule has 1 aromatic rings. The minimum Gasteiger partial charge on any atom is -0.490 e. The Hall–Kier alpha value is -2.12. The van der Waals surface area contributed by atoms with Gasteiger partial charge in [0.2, 0.25) is 0 Å². The van der Waals surface area contributed by atoms with Crippen LogP contribution in [0.3, 0.4) is 0 Å². The number of hydrogen-bond donors (Lipinski definition) is 1. The summed E-state index contributed by atoms with van der Waals surface area (Å²) in [6.07, 6.45) is 1.49. The molecule has 0 aromatic heterocycles. The molecule has 0 unspecified atom stereocenters. The first-order valence-corrected chi connectivity index (χ1v) is 7.36. The first-order chi connectivity index (χ1) is 10.9. The highest BCUT2D eigenvalue weighted by Crippen LogP contribution is 2.37. The van der Waals surface area contributed by atoms with E-state index in [1.807, 2.05) is 0 Å². The number of rotatable bonds is 4. The van der Waals surface area contributed by atoms with Crippen LogP contribution in [-0.2, 0) is 0 Å². The van der Waals surface area contributed by atoms with Crippen LogP contribution in [-0.4, -0.2) is 40.9 Å². The Labute approximate surface area is 130 Å². The lowest BCUT2D eigenvalue weighted by atomic mass is 10.0. The number of nitrogens with zero attached hydrogens (tertiary/aromatic N) is 1. The van der Waals surface area contributed by atoms with Crippen LogP contribution in [0, 0.1) is 5.82 Å². The molecule has 1 amide bonds. The average Bonchev–Trinajstić information content (AvgIpc) is 2.74. The maximum absolute atomic E-state index is 13.4. The number of carbonyl (C=O) groups is 1. The van der Waals surface area contributed by atoms with Crippen molar-refractivity contribution in [3.8, 4) is 11.5 Å². The van der Waals surface area contributed by atoms with E-state index in [-0.39, 0.29) is 23.9 Å². The fourth-order valence-electron chi connectivity index (χ4n) is 3.47. The summed E-state index contributed by atoms with van der Waals surface area (Å²) in [5.41, 5.74) is 0. The van der Waals surface area contributed by atoms with E-state index in [0.29, 0.717) is 12.8 Å². The molecule has 3 rings (SSSR count). The highest BCUT2D eigenvalue weighted by Gasteiger charge is 2.44. The van der Waals surface area contributed by atoms with E-state index in [1.165, 1.54) is 11.0 Å². The van der Waals surface area contributed by atoms with E-state index < -0.39 is 24.3 Å². The Morgan fingerprint density at radius 1 is 1.26 bits per heavy atom. The normalized spacial score (nSPS) is 26.4. The molecule has 2 saturated heterocycles. The second kappa shape index (κ2) is 6.17. The molecule has 2 aliphatic rings. The molecule has 2 heterocycles. The molecule has 2 fully saturated rings. The van der Waals surface area contributed by atoms with Crippen LogP contribution in [0.15, 0.2) is 18.2 Å². The highest BCUT2D eigenvalue weighted by atomic mass is 19.3. The molecule has 3 atom stereocenters. The summed E-state index contributed by atoms with van der Waals surface area (Å²) in [5, 5.41) is 9.20. The van der Waals surface area contributed by atoms with Crippen molar-refractivity contribution in [1.29, 1.82) is 0 Å². The zero-order valence-corrected chi connectivity index (χ0v) is 12.1. The van der Waals surface area contributed by atoms with Crippen LogP contribution in [0.1, 0.15) is 25.7 Å². The predicted octanol–water partition coefficient (Wildman–Crippen LogP) is 3.48. The largest absolute Gasteiger partial charge is 0.490 e. The Balaban J connectivity index is 1.68. The van der Waals surface area contributed by atoms with E-state index in [9.17, 15) is 23.1 Å². The van der Waals surface area contributed by atoms with Gasteiger partial charge in [0.15, 0.2) is 11.6 Å². The van der Waals surface area contributed by atoms with E-state index in [4.69, 9.17) is 4.74 Å². The summed E-state index contributed by atoms with van der Waals surface area (Å²) >= 11 is 0. The summed E-state index contributed by atoms with van der Waals surface area (Å²) in [5.74, 6) is -1.22. The Kier molecular flexibility index (Phi) is 4.23. The quantitative estimate of drug-likeness (QED) is 0.918. The van der Waals surface area contributed by atoms with Crippen molar-refractivity contribution >= 4 is 6.09 Å². The standard InChI is InChI=1S/C15H16F3NO4/c16-12-4-3-10(7-13(12)23-14(17)18)22-11-5-8-1-2-9(6-11)19(8)15(20)21/h3-4,7-9,11,14H,1-2,5-6H2,(H,20,21)/t8-,9+,11+. The Morgan fingerprint density at radius 3 is 2.48 bits per heavy atom. The molecule has 1 N–H and O–H groups in total. The fourth-order valence-corrected chi connectivity index (χ4v) is 3.47. The average molecular weight is 331 g/mol. The Morgan fingerprint density at radius 2 is 1.91 bits per heavy atom. The molecule has 0 spiro atoms. The number of hydrogen-bond acceptors (Lipinski definition) is 3. The predicted molar refractivity (Wildman–Crippen MR) is 73.4 cm³/mol. The summed E-state index contributed by atoms with van der Waals surface area (Å²) in [6.45, 7) is -3.12. The molecule has 8 heteroatoms. The van der Waals surface area contributed by atoms with Crippen LogP contribution in [0.2, 0.25) is 0 Å². The molecule has 126 valence electrons. The fraction of sp³-hybridized carbons (Fsp3) is 0.533. The van der Waals surface area contributed by atoms with Crippen molar-refractivity contribution in [2.24, 2.45) is 0 Å². The van der Waals surface area contributed by atoms with Gasteiger partial charge in [0.05, 0.1) is 0 Å². The van der Waals surface area contributed by atoms with Gasteiger partial charge in [-0.05, 0) is 25.0 Å². The van der Waals surface area contributed by atoms with Crippen molar-refractivity contribution < 1.29 is 32.5 Å². The second-order valence-corrected chi connectivity index (χ2v) is 5.76. The lowest BCUT2D eigenvalue weighted by Gasteiger charge is -2.37. The van der Waals surface area contributed by atoms with Crippen molar-refractivity contribution in [1.82, 2.24) is 4.90 Å². The summed E-state index contributed by atoms with van der Waals surface area (Å²) in [7, 11) is 0. The number of fused-ring (bicyclic) bond motifs is 2. The van der Waals surface area contributed by atoms with Gasteiger partial charge in [0.25, 0.3) is 0 Å². The van der Waals surface area contributed by atoms with Gasteiger partial charge < -0.3 is 19.5 Å². The van der Waals surface area contributed by atoms with Gasteiger partial charge in [-0.25, -0.2) is 9.18 Å². The van der Waals surface area contributed by atoms with Gasteiger partial charge in [-0.2, -0.15) is 8.78 Å². The summed E-state index contributed by atoms with van der Waals surface area (Å²) < 4.78 is 47.7. The molecule has 5 nitrogen and oxygen atoms in total. The highest BCUT2D eigenvalue weighted by molar-refractivity contribution is 5.66. The maximum Gasteiger partial charge on any atom is 0.407 e. The number of ether oxygens (including phenoxy) is 2. The SMILES string of the molecule is O=C(O)N1[C@@H]2CC[C@H]1C[C@@H](Oc1ccc(F)c(OC(F)F)c1)C2. The van der Waals surface area contributed by atoms with Crippen molar-refractivity contribution in [3.05, 3.63) is 24.0 Å². The lowest BCUT2D eigenvalue weighted by molar-refractivity contribution is -0.0523. The van der Waals surface area contributed by atoms with Crippen LogP contribution in [0.5, 0.6) is 11.5 Å². The molecule has 0 aliphatic carbocycles.